The van der Waals surface area contributed by atoms with Crippen molar-refractivity contribution in [3.05, 3.63) is 0 Å². The highest BCUT2D eigenvalue weighted by molar-refractivity contribution is 5.78. The highest BCUT2D eigenvalue weighted by Gasteiger charge is 2.36. The zero-order valence-electron chi connectivity index (χ0n) is 6.53. The summed E-state index contributed by atoms with van der Waals surface area (Å²) < 4.78 is 35.4. The Morgan fingerprint density at radius 1 is 1.45 bits per heavy atom. The SMILES string of the molecule is CCC(=O)C[C@@H](C)C(F)(F)F. The van der Waals surface area contributed by atoms with Crippen molar-refractivity contribution in [1.29, 1.82) is 0 Å². The predicted octanol–water partition coefficient (Wildman–Crippen LogP) is 2.55. The number of carbonyl (C=O) groups is 1. The third-order valence-corrected chi connectivity index (χ3v) is 1.49. The molecule has 0 spiro atoms. The van der Waals surface area contributed by atoms with Crippen LogP contribution in [0.2, 0.25) is 0 Å². The lowest BCUT2D eigenvalue weighted by Crippen LogP contribution is -2.22. The summed E-state index contributed by atoms with van der Waals surface area (Å²) in [4.78, 5) is 10.6. The molecule has 0 rings (SSSR count). The first-order valence-corrected chi connectivity index (χ1v) is 3.46. The summed E-state index contributed by atoms with van der Waals surface area (Å²) in [5.74, 6) is -1.84. The van der Waals surface area contributed by atoms with Gasteiger partial charge in [-0.2, -0.15) is 13.2 Å². The van der Waals surface area contributed by atoms with Gasteiger partial charge in [-0.25, -0.2) is 0 Å². The van der Waals surface area contributed by atoms with E-state index in [1.165, 1.54) is 0 Å². The van der Waals surface area contributed by atoms with Crippen LogP contribution in [-0.4, -0.2) is 12.0 Å². The predicted molar refractivity (Wildman–Crippen MR) is 35.1 cm³/mol. The summed E-state index contributed by atoms with van der Waals surface area (Å²) in [6.07, 6.45) is -4.44. The van der Waals surface area contributed by atoms with Crippen LogP contribution in [0.15, 0.2) is 0 Å². The van der Waals surface area contributed by atoms with Gasteiger partial charge in [0, 0.05) is 12.8 Å². The van der Waals surface area contributed by atoms with Crippen LogP contribution in [0.3, 0.4) is 0 Å². The van der Waals surface area contributed by atoms with Crippen molar-refractivity contribution in [2.45, 2.75) is 32.9 Å². The molecule has 0 N–H and O–H groups in total. The monoisotopic (exact) mass is 168 g/mol. The third kappa shape index (κ3) is 4.01. The Labute approximate surface area is 63.6 Å². The third-order valence-electron chi connectivity index (χ3n) is 1.49. The number of hydrogen-bond donors (Lipinski definition) is 0. The molecular formula is C7H11F3O. The van der Waals surface area contributed by atoms with Gasteiger partial charge in [0.1, 0.15) is 5.78 Å². The Kier molecular flexibility index (Phi) is 3.55. The van der Waals surface area contributed by atoms with Gasteiger partial charge in [0.25, 0.3) is 0 Å². The molecule has 0 aliphatic heterocycles. The molecule has 0 aromatic rings. The van der Waals surface area contributed by atoms with Gasteiger partial charge < -0.3 is 0 Å². The second-order valence-corrected chi connectivity index (χ2v) is 2.54. The summed E-state index contributed by atoms with van der Waals surface area (Å²) in [6.45, 7) is 2.58. The molecule has 0 heterocycles. The van der Waals surface area contributed by atoms with Gasteiger partial charge in [-0.05, 0) is 0 Å². The molecule has 0 aromatic heterocycles. The van der Waals surface area contributed by atoms with Crippen molar-refractivity contribution in [3.63, 3.8) is 0 Å². The average Bonchev–Trinajstić information content (AvgIpc) is 1.85. The number of ketones is 1. The molecule has 1 atom stereocenters. The van der Waals surface area contributed by atoms with E-state index in [4.69, 9.17) is 0 Å². The Morgan fingerprint density at radius 3 is 2.18 bits per heavy atom. The molecule has 4 heteroatoms. The standard InChI is InChI=1S/C7H11F3O/c1-3-6(11)4-5(2)7(8,9)10/h5H,3-4H2,1-2H3/t5-/m1/s1. The van der Waals surface area contributed by atoms with E-state index in [0.717, 1.165) is 6.92 Å². The lowest BCUT2D eigenvalue weighted by atomic mass is 10.0. The lowest BCUT2D eigenvalue weighted by Gasteiger charge is -2.13. The Morgan fingerprint density at radius 2 is 1.91 bits per heavy atom. The van der Waals surface area contributed by atoms with E-state index in [1.807, 2.05) is 0 Å². The van der Waals surface area contributed by atoms with Crippen LogP contribution in [0.25, 0.3) is 0 Å². The number of hydrogen-bond acceptors (Lipinski definition) is 1. The fourth-order valence-corrected chi connectivity index (χ4v) is 0.602. The van der Waals surface area contributed by atoms with Crippen LogP contribution in [0.4, 0.5) is 13.2 Å². The summed E-state index contributed by atoms with van der Waals surface area (Å²) >= 11 is 0. The van der Waals surface area contributed by atoms with E-state index in [2.05, 4.69) is 0 Å². The van der Waals surface area contributed by atoms with Crippen molar-refractivity contribution < 1.29 is 18.0 Å². The van der Waals surface area contributed by atoms with Crippen molar-refractivity contribution in [1.82, 2.24) is 0 Å². The van der Waals surface area contributed by atoms with E-state index >= 15 is 0 Å². The summed E-state index contributed by atoms with van der Waals surface area (Å²) in [5.41, 5.74) is 0. The zero-order valence-corrected chi connectivity index (χ0v) is 6.53. The molecule has 0 unspecified atom stereocenters. The van der Waals surface area contributed by atoms with Crippen LogP contribution in [0.5, 0.6) is 0 Å². The van der Waals surface area contributed by atoms with E-state index in [0.29, 0.717) is 0 Å². The number of halogens is 3. The molecule has 0 fully saturated rings. The first-order chi connectivity index (χ1) is 4.88. The average molecular weight is 168 g/mol. The van der Waals surface area contributed by atoms with E-state index in [9.17, 15) is 18.0 Å². The van der Waals surface area contributed by atoms with Crippen LogP contribution >= 0.6 is 0 Å². The molecule has 0 saturated heterocycles. The first kappa shape index (κ1) is 10.5. The second kappa shape index (κ2) is 3.74. The van der Waals surface area contributed by atoms with E-state index in [1.54, 1.807) is 6.92 Å². The number of rotatable bonds is 3. The van der Waals surface area contributed by atoms with Crippen LogP contribution in [0.1, 0.15) is 26.7 Å². The first-order valence-electron chi connectivity index (χ1n) is 3.46. The number of Topliss-reactive ketones (excluding diaryl/α,β-unsaturated/α-hetero) is 1. The molecule has 0 aromatic carbocycles. The van der Waals surface area contributed by atoms with Crippen molar-refractivity contribution in [2.24, 2.45) is 5.92 Å². The molecule has 0 radical (unpaired) electrons. The maximum absolute atomic E-state index is 11.8. The Hall–Kier alpha value is -0.540. The van der Waals surface area contributed by atoms with Gasteiger partial charge in [-0.3, -0.25) is 4.79 Å². The van der Waals surface area contributed by atoms with E-state index in [-0.39, 0.29) is 18.6 Å². The summed E-state index contributed by atoms with van der Waals surface area (Å²) in [7, 11) is 0. The molecule has 0 aliphatic rings. The molecular weight excluding hydrogens is 157 g/mol. The second-order valence-electron chi connectivity index (χ2n) is 2.54. The van der Waals surface area contributed by atoms with Gasteiger partial charge in [0.2, 0.25) is 0 Å². The van der Waals surface area contributed by atoms with Crippen molar-refractivity contribution >= 4 is 5.78 Å². The topological polar surface area (TPSA) is 17.1 Å². The normalized spacial score (nSPS) is 14.6. The minimum absolute atomic E-state index is 0.181. The maximum atomic E-state index is 11.8. The van der Waals surface area contributed by atoms with Gasteiger partial charge in [0.05, 0.1) is 5.92 Å². The molecule has 1 nitrogen and oxygen atoms in total. The minimum Gasteiger partial charge on any atom is -0.300 e. The molecule has 11 heavy (non-hydrogen) atoms. The maximum Gasteiger partial charge on any atom is 0.391 e. The zero-order chi connectivity index (χ0) is 9.07. The fraction of sp³-hybridized carbons (Fsp3) is 0.857. The van der Waals surface area contributed by atoms with Crippen LogP contribution in [-0.2, 0) is 4.79 Å². The number of carbonyl (C=O) groups excluding carboxylic acids is 1. The molecule has 0 saturated carbocycles. The van der Waals surface area contributed by atoms with Crippen molar-refractivity contribution in [3.8, 4) is 0 Å². The number of alkyl halides is 3. The highest BCUT2D eigenvalue weighted by atomic mass is 19.4. The van der Waals surface area contributed by atoms with Crippen LogP contribution < -0.4 is 0 Å². The molecule has 0 aliphatic carbocycles. The molecule has 66 valence electrons. The summed E-state index contributed by atoms with van der Waals surface area (Å²) in [6, 6.07) is 0. The van der Waals surface area contributed by atoms with Gasteiger partial charge >= 0.3 is 6.18 Å². The quantitative estimate of drug-likeness (QED) is 0.632. The minimum atomic E-state index is -4.23. The van der Waals surface area contributed by atoms with Gasteiger partial charge in [-0.1, -0.05) is 13.8 Å². The lowest BCUT2D eigenvalue weighted by molar-refractivity contribution is -0.173. The Bertz CT molecular complexity index is 139. The molecule has 0 bridgehead atoms. The van der Waals surface area contributed by atoms with E-state index < -0.39 is 12.1 Å². The highest BCUT2D eigenvalue weighted by Crippen LogP contribution is 2.28. The van der Waals surface area contributed by atoms with Crippen LogP contribution in [0, 0.1) is 5.92 Å². The smallest absolute Gasteiger partial charge is 0.300 e. The molecule has 0 amide bonds. The largest absolute Gasteiger partial charge is 0.391 e. The fourth-order valence-electron chi connectivity index (χ4n) is 0.602. The van der Waals surface area contributed by atoms with Crippen molar-refractivity contribution in [2.75, 3.05) is 0 Å². The Balaban J connectivity index is 3.87. The van der Waals surface area contributed by atoms with Gasteiger partial charge in [0.15, 0.2) is 0 Å². The van der Waals surface area contributed by atoms with Gasteiger partial charge in [-0.15, -0.1) is 0 Å². The summed E-state index contributed by atoms with van der Waals surface area (Å²) in [5, 5.41) is 0.